The Labute approximate surface area is 196 Å². The highest BCUT2D eigenvalue weighted by atomic mass is 35.5. The SMILES string of the molecule is OCCCn1cc(COCc2cc(-c3ccc(Cl)cc3)nc3c2ccc2ccccc23)nn1. The van der Waals surface area contributed by atoms with E-state index in [1.54, 1.807) is 4.68 Å². The fourth-order valence-corrected chi connectivity index (χ4v) is 4.06. The Balaban J connectivity index is 1.48. The van der Waals surface area contributed by atoms with E-state index in [1.807, 2.05) is 42.6 Å². The van der Waals surface area contributed by atoms with Crippen molar-refractivity contribution < 1.29 is 9.84 Å². The molecule has 5 aromatic rings. The van der Waals surface area contributed by atoms with Gasteiger partial charge in [-0.2, -0.15) is 0 Å². The molecule has 166 valence electrons. The first kappa shape index (κ1) is 21.5. The van der Waals surface area contributed by atoms with Gasteiger partial charge in [-0.15, -0.1) is 5.10 Å². The number of nitrogens with zero attached hydrogens (tertiary/aromatic N) is 4. The lowest BCUT2D eigenvalue weighted by molar-refractivity contribution is 0.105. The number of hydrogen-bond acceptors (Lipinski definition) is 5. The van der Waals surface area contributed by atoms with Gasteiger partial charge in [0.15, 0.2) is 0 Å². The fourth-order valence-electron chi connectivity index (χ4n) is 3.93. The van der Waals surface area contributed by atoms with Crippen molar-refractivity contribution in [1.82, 2.24) is 20.0 Å². The van der Waals surface area contributed by atoms with E-state index in [4.69, 9.17) is 26.4 Å². The molecule has 3 aromatic carbocycles. The Hall–Kier alpha value is -3.32. The molecule has 0 fully saturated rings. The van der Waals surface area contributed by atoms with Crippen molar-refractivity contribution in [2.24, 2.45) is 0 Å². The van der Waals surface area contributed by atoms with E-state index < -0.39 is 0 Å². The topological polar surface area (TPSA) is 73.1 Å². The highest BCUT2D eigenvalue weighted by Gasteiger charge is 2.11. The van der Waals surface area contributed by atoms with Crippen molar-refractivity contribution in [3.8, 4) is 11.3 Å². The smallest absolute Gasteiger partial charge is 0.108 e. The van der Waals surface area contributed by atoms with E-state index in [0.717, 1.165) is 44.2 Å². The largest absolute Gasteiger partial charge is 0.396 e. The molecular weight excluding hydrogens is 436 g/mol. The molecular formula is C26H23ClN4O2. The Morgan fingerprint density at radius 1 is 0.939 bits per heavy atom. The summed E-state index contributed by atoms with van der Waals surface area (Å²) in [6.07, 6.45) is 2.50. The third-order valence-corrected chi connectivity index (χ3v) is 5.82. The minimum absolute atomic E-state index is 0.130. The van der Waals surface area contributed by atoms with Crippen LogP contribution in [0.3, 0.4) is 0 Å². The van der Waals surface area contributed by atoms with Gasteiger partial charge in [0, 0.05) is 34.5 Å². The molecule has 0 radical (unpaired) electrons. The van der Waals surface area contributed by atoms with Crippen molar-refractivity contribution >= 4 is 33.3 Å². The molecule has 0 bridgehead atoms. The molecule has 5 rings (SSSR count). The van der Waals surface area contributed by atoms with Gasteiger partial charge in [-0.05, 0) is 35.6 Å². The minimum Gasteiger partial charge on any atom is -0.396 e. The highest BCUT2D eigenvalue weighted by Crippen LogP contribution is 2.31. The van der Waals surface area contributed by atoms with Crippen LogP contribution >= 0.6 is 11.6 Å². The number of rotatable bonds is 8. The first-order chi connectivity index (χ1) is 16.2. The third kappa shape index (κ3) is 4.73. The van der Waals surface area contributed by atoms with E-state index in [0.29, 0.717) is 31.2 Å². The number of ether oxygens (including phenoxy) is 1. The molecule has 0 saturated carbocycles. The van der Waals surface area contributed by atoms with Gasteiger partial charge >= 0.3 is 0 Å². The predicted molar refractivity (Wildman–Crippen MR) is 130 cm³/mol. The number of aryl methyl sites for hydroxylation is 1. The first-order valence-corrected chi connectivity index (χ1v) is 11.2. The molecule has 0 amide bonds. The molecule has 33 heavy (non-hydrogen) atoms. The van der Waals surface area contributed by atoms with Crippen LogP contribution in [-0.2, 0) is 24.5 Å². The van der Waals surface area contributed by atoms with E-state index in [9.17, 15) is 0 Å². The molecule has 0 aliphatic carbocycles. The van der Waals surface area contributed by atoms with Crippen molar-refractivity contribution in [1.29, 1.82) is 0 Å². The summed E-state index contributed by atoms with van der Waals surface area (Å²) in [5, 5.41) is 21.2. The number of halogens is 1. The van der Waals surface area contributed by atoms with Gasteiger partial charge in [-0.25, -0.2) is 4.98 Å². The van der Waals surface area contributed by atoms with Crippen LogP contribution in [-0.4, -0.2) is 31.7 Å². The van der Waals surface area contributed by atoms with Crippen LogP contribution in [0.1, 0.15) is 17.7 Å². The second-order valence-electron chi connectivity index (χ2n) is 7.90. The van der Waals surface area contributed by atoms with Gasteiger partial charge in [0.25, 0.3) is 0 Å². The zero-order chi connectivity index (χ0) is 22.6. The zero-order valence-electron chi connectivity index (χ0n) is 18.0. The monoisotopic (exact) mass is 458 g/mol. The molecule has 0 aliphatic heterocycles. The average Bonchev–Trinajstić information content (AvgIpc) is 3.30. The summed E-state index contributed by atoms with van der Waals surface area (Å²) < 4.78 is 7.76. The maximum atomic E-state index is 8.97. The number of pyridine rings is 1. The number of fused-ring (bicyclic) bond motifs is 3. The molecule has 2 heterocycles. The van der Waals surface area contributed by atoms with E-state index in [2.05, 4.69) is 40.6 Å². The van der Waals surface area contributed by atoms with Gasteiger partial charge in [-0.3, -0.25) is 4.68 Å². The summed E-state index contributed by atoms with van der Waals surface area (Å²) in [5.41, 5.74) is 4.65. The van der Waals surface area contributed by atoms with Crippen LogP contribution in [0, 0.1) is 0 Å². The zero-order valence-corrected chi connectivity index (χ0v) is 18.7. The molecule has 0 spiro atoms. The molecule has 1 N–H and O–H groups in total. The average molecular weight is 459 g/mol. The van der Waals surface area contributed by atoms with Gasteiger partial charge in [0.05, 0.1) is 30.6 Å². The maximum absolute atomic E-state index is 8.97. The summed E-state index contributed by atoms with van der Waals surface area (Å²) >= 11 is 6.09. The van der Waals surface area contributed by atoms with Crippen LogP contribution in [0.2, 0.25) is 5.02 Å². The standard InChI is InChI=1S/C26H23ClN4O2/c27-21-9-6-19(7-10-21)25-14-20(16-33-17-22-15-31(30-29-22)12-3-13-32)24-11-8-18-4-1-2-5-23(18)26(24)28-25/h1-2,4-11,14-15,32H,3,12-13,16-17H2. The number of benzene rings is 3. The second-order valence-corrected chi connectivity index (χ2v) is 8.34. The molecule has 6 nitrogen and oxygen atoms in total. The molecule has 0 aliphatic rings. The van der Waals surface area contributed by atoms with Gasteiger partial charge in [-0.1, -0.05) is 65.3 Å². The molecule has 0 unspecified atom stereocenters. The van der Waals surface area contributed by atoms with Crippen molar-refractivity contribution in [3.63, 3.8) is 0 Å². The third-order valence-electron chi connectivity index (χ3n) is 5.57. The summed E-state index contributed by atoms with van der Waals surface area (Å²) in [5.74, 6) is 0. The Morgan fingerprint density at radius 3 is 2.64 bits per heavy atom. The summed E-state index contributed by atoms with van der Waals surface area (Å²) in [4.78, 5) is 5.02. The predicted octanol–water partition coefficient (Wildman–Crippen LogP) is 5.40. The highest BCUT2D eigenvalue weighted by molar-refractivity contribution is 6.30. The fraction of sp³-hybridized carbons (Fsp3) is 0.192. The van der Waals surface area contributed by atoms with Crippen molar-refractivity contribution in [2.75, 3.05) is 6.61 Å². The summed E-state index contributed by atoms with van der Waals surface area (Å²) in [6.45, 7) is 1.54. The quantitative estimate of drug-likeness (QED) is 0.315. The molecule has 7 heteroatoms. The van der Waals surface area contributed by atoms with E-state index in [1.165, 1.54) is 0 Å². The first-order valence-electron chi connectivity index (χ1n) is 10.9. The van der Waals surface area contributed by atoms with Crippen LogP contribution < -0.4 is 0 Å². The summed E-state index contributed by atoms with van der Waals surface area (Å²) in [6, 6.07) is 22.3. The lowest BCUT2D eigenvalue weighted by Crippen LogP contribution is -2.00. The van der Waals surface area contributed by atoms with Crippen LogP contribution in [0.15, 0.2) is 72.9 Å². The van der Waals surface area contributed by atoms with Crippen molar-refractivity contribution in [2.45, 2.75) is 26.2 Å². The molecule has 2 aromatic heterocycles. The van der Waals surface area contributed by atoms with Crippen LogP contribution in [0.5, 0.6) is 0 Å². The minimum atomic E-state index is 0.130. The van der Waals surface area contributed by atoms with Gasteiger partial charge in [0.1, 0.15) is 5.69 Å². The number of aliphatic hydroxyl groups is 1. The summed E-state index contributed by atoms with van der Waals surface area (Å²) in [7, 11) is 0. The Kier molecular flexibility index (Phi) is 6.30. The lowest BCUT2D eigenvalue weighted by atomic mass is 10.0. The molecule has 0 saturated heterocycles. The van der Waals surface area contributed by atoms with Crippen LogP contribution in [0.4, 0.5) is 0 Å². The number of hydrogen-bond donors (Lipinski definition) is 1. The maximum Gasteiger partial charge on any atom is 0.108 e. The van der Waals surface area contributed by atoms with E-state index >= 15 is 0 Å². The van der Waals surface area contributed by atoms with Crippen molar-refractivity contribution in [3.05, 3.63) is 89.2 Å². The second kappa shape index (κ2) is 9.67. The Morgan fingerprint density at radius 2 is 1.79 bits per heavy atom. The van der Waals surface area contributed by atoms with E-state index in [-0.39, 0.29) is 6.61 Å². The van der Waals surface area contributed by atoms with Crippen LogP contribution in [0.25, 0.3) is 32.9 Å². The van der Waals surface area contributed by atoms with Gasteiger partial charge < -0.3 is 9.84 Å². The normalized spacial score (nSPS) is 11.5. The number of aromatic nitrogens is 4. The molecule has 0 atom stereocenters. The Bertz CT molecular complexity index is 1400. The van der Waals surface area contributed by atoms with Gasteiger partial charge in [0.2, 0.25) is 0 Å². The lowest BCUT2D eigenvalue weighted by Gasteiger charge is -2.12. The number of aliphatic hydroxyl groups excluding tert-OH is 1.